The molecule has 0 unspecified atom stereocenters. The Kier molecular flexibility index (Phi) is 4.18. The maximum absolute atomic E-state index is 11.1. The second kappa shape index (κ2) is 6.05. The first-order chi connectivity index (χ1) is 9.22. The highest BCUT2D eigenvalue weighted by Gasteiger charge is 2.07. The lowest BCUT2D eigenvalue weighted by atomic mass is 9.96. The molecule has 0 heterocycles. The molecule has 0 saturated heterocycles. The first-order valence-corrected chi connectivity index (χ1v) is 6.18. The number of hydrogen-bond donors (Lipinski definition) is 1. The summed E-state index contributed by atoms with van der Waals surface area (Å²) in [6.45, 7) is 2.54. The third-order valence-corrected chi connectivity index (χ3v) is 3.14. The van der Waals surface area contributed by atoms with Gasteiger partial charge in [-0.2, -0.15) is 0 Å². The minimum atomic E-state index is -0.412. The van der Waals surface area contributed by atoms with Crippen molar-refractivity contribution in [1.82, 2.24) is 5.32 Å². The van der Waals surface area contributed by atoms with Crippen molar-refractivity contribution >= 4 is 6.09 Å². The van der Waals surface area contributed by atoms with Gasteiger partial charge < -0.3 is 10.1 Å². The van der Waals surface area contributed by atoms with Crippen molar-refractivity contribution in [2.75, 3.05) is 7.11 Å². The second-order valence-corrected chi connectivity index (χ2v) is 4.30. The van der Waals surface area contributed by atoms with Gasteiger partial charge in [-0.05, 0) is 29.2 Å². The van der Waals surface area contributed by atoms with Gasteiger partial charge in [-0.25, -0.2) is 4.79 Å². The van der Waals surface area contributed by atoms with Crippen LogP contribution in [0.4, 0.5) is 4.79 Å². The van der Waals surface area contributed by atoms with E-state index in [0.29, 0.717) is 6.54 Å². The van der Waals surface area contributed by atoms with Gasteiger partial charge in [-0.15, -0.1) is 0 Å². The summed E-state index contributed by atoms with van der Waals surface area (Å²) in [6.07, 6.45) is -0.412. The van der Waals surface area contributed by atoms with Gasteiger partial charge in [-0.1, -0.05) is 48.5 Å². The van der Waals surface area contributed by atoms with Crippen molar-refractivity contribution in [3.05, 3.63) is 59.7 Å². The highest BCUT2D eigenvalue weighted by atomic mass is 16.5. The summed E-state index contributed by atoms with van der Waals surface area (Å²) in [4.78, 5) is 11.1. The fraction of sp³-hybridized carbons (Fsp3) is 0.188. The Morgan fingerprint density at radius 1 is 1.11 bits per heavy atom. The predicted molar refractivity (Wildman–Crippen MR) is 75.9 cm³/mol. The van der Waals surface area contributed by atoms with Crippen LogP contribution < -0.4 is 5.32 Å². The minimum Gasteiger partial charge on any atom is -0.453 e. The molecule has 3 heteroatoms. The van der Waals surface area contributed by atoms with Crippen molar-refractivity contribution in [3.8, 4) is 11.1 Å². The van der Waals surface area contributed by atoms with Gasteiger partial charge in [0, 0.05) is 6.54 Å². The normalized spacial score (nSPS) is 10.0. The summed E-state index contributed by atoms with van der Waals surface area (Å²) in [6, 6.07) is 16.3. The summed E-state index contributed by atoms with van der Waals surface area (Å²) < 4.78 is 4.58. The van der Waals surface area contributed by atoms with Gasteiger partial charge in [0.15, 0.2) is 0 Å². The van der Waals surface area contributed by atoms with E-state index < -0.39 is 6.09 Å². The van der Waals surface area contributed by atoms with Crippen LogP contribution in [0.15, 0.2) is 48.5 Å². The van der Waals surface area contributed by atoms with E-state index in [2.05, 4.69) is 35.2 Å². The zero-order valence-corrected chi connectivity index (χ0v) is 11.1. The van der Waals surface area contributed by atoms with Crippen molar-refractivity contribution in [2.45, 2.75) is 13.5 Å². The maximum atomic E-state index is 11.1. The molecule has 0 aliphatic carbocycles. The molecule has 0 atom stereocenters. The highest BCUT2D eigenvalue weighted by molar-refractivity contribution is 5.69. The molecule has 2 aromatic rings. The summed E-state index contributed by atoms with van der Waals surface area (Å²) in [7, 11) is 1.36. The summed E-state index contributed by atoms with van der Waals surface area (Å²) in [5.41, 5.74) is 4.63. The van der Waals surface area contributed by atoms with Gasteiger partial charge in [0.1, 0.15) is 0 Å². The van der Waals surface area contributed by atoms with Crippen molar-refractivity contribution in [2.24, 2.45) is 0 Å². The molecule has 98 valence electrons. The molecule has 0 spiro atoms. The number of rotatable bonds is 3. The van der Waals surface area contributed by atoms with Crippen LogP contribution in [0.1, 0.15) is 11.1 Å². The van der Waals surface area contributed by atoms with Crippen LogP contribution in [0, 0.1) is 6.92 Å². The van der Waals surface area contributed by atoms with Crippen LogP contribution in [0.2, 0.25) is 0 Å². The molecule has 0 saturated carbocycles. The zero-order valence-electron chi connectivity index (χ0n) is 11.1. The molecule has 0 radical (unpaired) electrons. The van der Waals surface area contributed by atoms with Crippen molar-refractivity contribution in [3.63, 3.8) is 0 Å². The molecule has 0 fully saturated rings. The summed E-state index contributed by atoms with van der Waals surface area (Å²) in [5.74, 6) is 0. The Labute approximate surface area is 113 Å². The molecular formula is C16H17NO2. The lowest BCUT2D eigenvalue weighted by Gasteiger charge is -2.12. The van der Waals surface area contributed by atoms with Gasteiger partial charge in [0.2, 0.25) is 0 Å². The number of alkyl carbamates (subject to hydrolysis) is 1. The smallest absolute Gasteiger partial charge is 0.407 e. The average molecular weight is 255 g/mol. The first-order valence-electron chi connectivity index (χ1n) is 6.18. The Hall–Kier alpha value is -2.29. The summed E-state index contributed by atoms with van der Waals surface area (Å²) in [5, 5.41) is 2.71. The van der Waals surface area contributed by atoms with Crippen molar-refractivity contribution in [1.29, 1.82) is 0 Å². The second-order valence-electron chi connectivity index (χ2n) is 4.30. The molecule has 19 heavy (non-hydrogen) atoms. The van der Waals surface area contributed by atoms with E-state index in [-0.39, 0.29) is 0 Å². The topological polar surface area (TPSA) is 38.3 Å². The Morgan fingerprint density at radius 2 is 1.84 bits per heavy atom. The highest BCUT2D eigenvalue weighted by Crippen LogP contribution is 2.25. The molecule has 2 aromatic carbocycles. The average Bonchev–Trinajstić information content (AvgIpc) is 2.46. The number of methoxy groups -OCH3 is 1. The van der Waals surface area contributed by atoms with Gasteiger partial charge in [0.25, 0.3) is 0 Å². The summed E-state index contributed by atoms with van der Waals surface area (Å²) >= 11 is 0. The zero-order chi connectivity index (χ0) is 13.7. The molecule has 0 aliphatic rings. The number of hydrogen-bond acceptors (Lipinski definition) is 2. The van der Waals surface area contributed by atoms with Crippen LogP contribution in [-0.2, 0) is 11.3 Å². The largest absolute Gasteiger partial charge is 0.453 e. The number of benzene rings is 2. The predicted octanol–water partition coefficient (Wildman–Crippen LogP) is 3.52. The van der Waals surface area contributed by atoms with E-state index in [0.717, 1.165) is 5.56 Å². The van der Waals surface area contributed by atoms with Crippen LogP contribution in [0.3, 0.4) is 0 Å². The van der Waals surface area contributed by atoms with Crippen LogP contribution in [-0.4, -0.2) is 13.2 Å². The fourth-order valence-electron chi connectivity index (χ4n) is 2.04. The lowest BCUT2D eigenvalue weighted by Crippen LogP contribution is -2.22. The number of nitrogens with one attached hydrogen (secondary N) is 1. The molecular weight excluding hydrogens is 238 g/mol. The van der Waals surface area contributed by atoms with Gasteiger partial charge in [0.05, 0.1) is 7.11 Å². The van der Waals surface area contributed by atoms with E-state index in [1.807, 2.05) is 30.3 Å². The Balaban J connectivity index is 2.26. The van der Waals surface area contributed by atoms with E-state index in [1.165, 1.54) is 23.8 Å². The van der Waals surface area contributed by atoms with E-state index in [9.17, 15) is 4.79 Å². The third kappa shape index (κ3) is 3.13. The molecule has 1 amide bonds. The van der Waals surface area contributed by atoms with Crippen molar-refractivity contribution < 1.29 is 9.53 Å². The van der Waals surface area contributed by atoms with Crippen LogP contribution in [0.5, 0.6) is 0 Å². The molecule has 3 nitrogen and oxygen atoms in total. The van der Waals surface area contributed by atoms with Crippen LogP contribution >= 0.6 is 0 Å². The Morgan fingerprint density at radius 3 is 2.53 bits per heavy atom. The number of ether oxygens (including phenoxy) is 1. The SMILES string of the molecule is COC(=O)NCc1cccc(-c2ccccc2)c1C. The van der Waals surface area contributed by atoms with Gasteiger partial charge in [-0.3, -0.25) is 0 Å². The lowest BCUT2D eigenvalue weighted by molar-refractivity contribution is 0.170. The molecule has 2 rings (SSSR count). The van der Waals surface area contributed by atoms with Gasteiger partial charge >= 0.3 is 6.09 Å². The van der Waals surface area contributed by atoms with E-state index in [1.54, 1.807) is 0 Å². The fourth-order valence-corrected chi connectivity index (χ4v) is 2.04. The standard InChI is InChI=1S/C16H17NO2/c1-12-14(11-17-16(18)19-2)9-6-10-15(12)13-7-4-3-5-8-13/h3-10H,11H2,1-2H3,(H,17,18). The van der Waals surface area contributed by atoms with E-state index >= 15 is 0 Å². The number of carbonyl (C=O) groups excluding carboxylic acids is 1. The quantitative estimate of drug-likeness (QED) is 0.911. The number of carbonyl (C=O) groups is 1. The van der Waals surface area contributed by atoms with Crippen LogP contribution in [0.25, 0.3) is 11.1 Å². The number of amides is 1. The monoisotopic (exact) mass is 255 g/mol. The third-order valence-electron chi connectivity index (χ3n) is 3.14. The van der Waals surface area contributed by atoms with E-state index in [4.69, 9.17) is 0 Å². The first kappa shape index (κ1) is 13.1. The molecule has 1 N–H and O–H groups in total. The molecule has 0 aromatic heterocycles. The maximum Gasteiger partial charge on any atom is 0.407 e. The molecule has 0 bridgehead atoms. The minimum absolute atomic E-state index is 0.412. The Bertz CT molecular complexity index is 564. The molecule has 0 aliphatic heterocycles.